The zero-order valence-electron chi connectivity index (χ0n) is 18.8. The Morgan fingerprint density at radius 3 is 2.51 bits per heavy atom. The van der Waals surface area contributed by atoms with Gasteiger partial charge in [0.05, 0.1) is 17.3 Å². The van der Waals surface area contributed by atoms with Gasteiger partial charge in [-0.05, 0) is 47.5 Å². The lowest BCUT2D eigenvalue weighted by Crippen LogP contribution is -2.11. The number of nitrogens with zero attached hydrogens (tertiary/aromatic N) is 3. The first-order valence-corrected chi connectivity index (χ1v) is 10.9. The van der Waals surface area contributed by atoms with Gasteiger partial charge in [0.1, 0.15) is 22.9 Å². The van der Waals surface area contributed by atoms with Crippen molar-refractivity contribution in [3.8, 4) is 11.5 Å². The van der Waals surface area contributed by atoms with Gasteiger partial charge in [-0.3, -0.25) is 14.6 Å². The highest BCUT2D eigenvalue weighted by Gasteiger charge is 2.31. The molecule has 3 aromatic heterocycles. The minimum absolute atomic E-state index is 0.176. The lowest BCUT2D eigenvalue weighted by molar-refractivity contribution is -0.137. The first-order chi connectivity index (χ1) is 17.7. The molecule has 3 heterocycles. The van der Waals surface area contributed by atoms with Gasteiger partial charge in [-0.25, -0.2) is 14.4 Å². The Morgan fingerprint density at radius 2 is 1.70 bits per heavy atom. The molecule has 0 fully saturated rings. The van der Waals surface area contributed by atoms with Crippen LogP contribution in [0, 0.1) is 5.82 Å². The normalized spacial score (nSPS) is 11.7. The molecule has 0 spiro atoms. The van der Waals surface area contributed by atoms with E-state index < -0.39 is 35.3 Å². The summed E-state index contributed by atoms with van der Waals surface area (Å²) in [6, 6.07) is 10.2. The highest BCUT2D eigenvalue weighted by Crippen LogP contribution is 2.34. The van der Waals surface area contributed by atoms with E-state index in [4.69, 9.17) is 4.74 Å². The Bertz CT molecular complexity index is 1720. The summed E-state index contributed by atoms with van der Waals surface area (Å²) in [5, 5.41) is 0.562. The van der Waals surface area contributed by atoms with Crippen LogP contribution < -0.4 is 10.3 Å². The van der Waals surface area contributed by atoms with Gasteiger partial charge in [-0.1, -0.05) is 6.07 Å². The molecule has 0 aliphatic rings. The fraction of sp³-hybridized carbons (Fsp3) is 0.115. The SMILES string of the molecule is O=C(Cc1cc(C(F)(F)F)ccc1F)Cc1ccc(Oc2ccnc3[nH]c(=O)cnc23)c2cccnc12. The molecular formula is C26H16F4N4O3. The van der Waals surface area contributed by atoms with Crippen LogP contribution in [-0.2, 0) is 23.8 Å². The Morgan fingerprint density at radius 1 is 0.892 bits per heavy atom. The Hall–Kier alpha value is -4.67. The molecule has 0 saturated carbocycles. The highest BCUT2D eigenvalue weighted by atomic mass is 19.4. The number of ether oxygens (including phenoxy) is 1. The molecule has 186 valence electrons. The number of hydrogen-bond acceptors (Lipinski definition) is 6. The monoisotopic (exact) mass is 508 g/mol. The highest BCUT2D eigenvalue weighted by molar-refractivity contribution is 5.93. The minimum Gasteiger partial charge on any atom is -0.454 e. The van der Waals surface area contributed by atoms with Crippen molar-refractivity contribution in [2.24, 2.45) is 0 Å². The summed E-state index contributed by atoms with van der Waals surface area (Å²) in [4.78, 5) is 39.4. The van der Waals surface area contributed by atoms with E-state index in [1.165, 1.54) is 12.4 Å². The zero-order chi connectivity index (χ0) is 26.2. The number of nitrogens with one attached hydrogen (secondary N) is 1. The number of carbonyl (C=O) groups is 1. The van der Waals surface area contributed by atoms with Gasteiger partial charge in [-0.15, -0.1) is 0 Å². The van der Waals surface area contributed by atoms with Gasteiger partial charge in [0.25, 0.3) is 5.56 Å². The van der Waals surface area contributed by atoms with Gasteiger partial charge in [0.2, 0.25) is 0 Å². The second-order valence-corrected chi connectivity index (χ2v) is 8.17. The van der Waals surface area contributed by atoms with Crippen molar-refractivity contribution in [1.29, 1.82) is 0 Å². The molecule has 7 nitrogen and oxygen atoms in total. The number of aromatic nitrogens is 4. The van der Waals surface area contributed by atoms with E-state index in [0.717, 1.165) is 6.20 Å². The van der Waals surface area contributed by atoms with Crippen LogP contribution in [0.15, 0.2) is 71.9 Å². The van der Waals surface area contributed by atoms with Crippen LogP contribution >= 0.6 is 0 Å². The largest absolute Gasteiger partial charge is 0.454 e. The van der Waals surface area contributed by atoms with Crippen LogP contribution in [0.5, 0.6) is 11.5 Å². The van der Waals surface area contributed by atoms with Gasteiger partial charge in [0.15, 0.2) is 11.4 Å². The summed E-state index contributed by atoms with van der Waals surface area (Å²) in [5.74, 6) is -0.640. The van der Waals surface area contributed by atoms with E-state index >= 15 is 0 Å². The topological polar surface area (TPSA) is 97.8 Å². The molecule has 1 N–H and O–H groups in total. The van der Waals surface area contributed by atoms with Crippen molar-refractivity contribution in [3.05, 3.63) is 100.0 Å². The number of fused-ring (bicyclic) bond motifs is 2. The summed E-state index contributed by atoms with van der Waals surface area (Å²) in [7, 11) is 0. The second kappa shape index (κ2) is 9.41. The molecule has 0 bridgehead atoms. The summed E-state index contributed by atoms with van der Waals surface area (Å²) in [6.45, 7) is 0. The number of halogens is 4. The lowest BCUT2D eigenvalue weighted by atomic mass is 9.98. The molecular weight excluding hydrogens is 492 g/mol. The van der Waals surface area contributed by atoms with Crippen molar-refractivity contribution in [1.82, 2.24) is 19.9 Å². The average Bonchev–Trinajstić information content (AvgIpc) is 2.86. The third kappa shape index (κ3) is 5.01. The van der Waals surface area contributed by atoms with Crippen molar-refractivity contribution in [2.75, 3.05) is 0 Å². The van der Waals surface area contributed by atoms with Gasteiger partial charge >= 0.3 is 6.18 Å². The number of H-pyrrole nitrogens is 1. The number of pyridine rings is 2. The third-order valence-corrected chi connectivity index (χ3v) is 5.62. The third-order valence-electron chi connectivity index (χ3n) is 5.62. The zero-order valence-corrected chi connectivity index (χ0v) is 18.8. The summed E-state index contributed by atoms with van der Waals surface area (Å²) < 4.78 is 59.2. The minimum atomic E-state index is -4.65. The Labute approximate surface area is 205 Å². The fourth-order valence-electron chi connectivity index (χ4n) is 3.94. The van der Waals surface area contributed by atoms with E-state index in [1.54, 1.807) is 30.3 Å². The Kier molecular flexibility index (Phi) is 6.12. The predicted molar refractivity (Wildman–Crippen MR) is 126 cm³/mol. The van der Waals surface area contributed by atoms with Gasteiger partial charge in [0, 0.05) is 36.7 Å². The van der Waals surface area contributed by atoms with E-state index in [9.17, 15) is 27.2 Å². The molecule has 2 aromatic carbocycles. The molecule has 0 atom stereocenters. The van der Waals surface area contributed by atoms with Gasteiger partial charge < -0.3 is 9.72 Å². The van der Waals surface area contributed by atoms with Crippen molar-refractivity contribution in [2.45, 2.75) is 19.0 Å². The van der Waals surface area contributed by atoms with Crippen LogP contribution in [-0.4, -0.2) is 25.7 Å². The van der Waals surface area contributed by atoms with E-state index in [2.05, 4.69) is 19.9 Å². The van der Waals surface area contributed by atoms with E-state index in [1.807, 2.05) is 0 Å². The number of alkyl halides is 3. The maximum absolute atomic E-state index is 14.1. The van der Waals surface area contributed by atoms with Crippen molar-refractivity contribution in [3.63, 3.8) is 0 Å². The summed E-state index contributed by atoms with van der Waals surface area (Å²) in [6.07, 6.45) is -1.24. The standard InChI is InChI=1S/C26H16F4N4O3/c27-19-5-4-16(26(28,29)30)10-15(19)12-17(35)11-14-3-6-20(18-2-1-8-31-23(14)18)37-21-7-9-32-25-24(21)33-13-22(36)34-25/h1-10,13H,11-12H2,(H,32,34,36). The van der Waals surface area contributed by atoms with Crippen LogP contribution in [0.2, 0.25) is 0 Å². The first-order valence-electron chi connectivity index (χ1n) is 10.9. The Balaban J connectivity index is 1.44. The molecule has 0 saturated heterocycles. The fourth-order valence-corrected chi connectivity index (χ4v) is 3.94. The first kappa shape index (κ1) is 24.0. The second-order valence-electron chi connectivity index (χ2n) is 8.17. The quantitative estimate of drug-likeness (QED) is 0.318. The van der Waals surface area contributed by atoms with E-state index in [-0.39, 0.29) is 17.6 Å². The molecule has 0 radical (unpaired) electrons. The molecule has 37 heavy (non-hydrogen) atoms. The maximum Gasteiger partial charge on any atom is 0.416 e. The average molecular weight is 508 g/mol. The summed E-state index contributed by atoms with van der Waals surface area (Å²) in [5.41, 5.74) is -0.233. The molecule has 11 heteroatoms. The van der Waals surface area contributed by atoms with Crippen LogP contribution in [0.1, 0.15) is 16.7 Å². The number of ketones is 1. The molecule has 5 aromatic rings. The number of benzene rings is 2. The molecule has 5 rings (SSSR count). The van der Waals surface area contributed by atoms with Crippen LogP contribution in [0.3, 0.4) is 0 Å². The lowest BCUT2D eigenvalue weighted by Gasteiger charge is -2.13. The van der Waals surface area contributed by atoms with Crippen molar-refractivity contribution >= 4 is 27.9 Å². The smallest absolute Gasteiger partial charge is 0.416 e. The number of aromatic amines is 1. The van der Waals surface area contributed by atoms with Crippen molar-refractivity contribution < 1.29 is 27.1 Å². The van der Waals surface area contributed by atoms with Crippen LogP contribution in [0.4, 0.5) is 17.6 Å². The number of rotatable bonds is 6. The van der Waals surface area contributed by atoms with E-state index in [0.29, 0.717) is 51.7 Å². The number of Topliss-reactive ketones (excluding diaryl/α,β-unsaturated/α-hetero) is 1. The predicted octanol–water partition coefficient (Wildman–Crippen LogP) is 5.17. The molecule has 0 amide bonds. The van der Waals surface area contributed by atoms with Gasteiger partial charge in [-0.2, -0.15) is 13.2 Å². The number of hydrogen-bond donors (Lipinski definition) is 1. The summed E-state index contributed by atoms with van der Waals surface area (Å²) >= 11 is 0. The molecule has 0 unspecified atom stereocenters. The molecule has 0 aliphatic heterocycles. The number of carbonyl (C=O) groups excluding carboxylic acids is 1. The molecule has 0 aliphatic carbocycles. The van der Waals surface area contributed by atoms with Crippen LogP contribution in [0.25, 0.3) is 22.1 Å². The maximum atomic E-state index is 14.1.